The van der Waals surface area contributed by atoms with Crippen molar-refractivity contribution >= 4 is 5.91 Å². The zero-order valence-electron chi connectivity index (χ0n) is 11.0. The summed E-state index contributed by atoms with van der Waals surface area (Å²) in [5.74, 6) is -4.73. The Morgan fingerprint density at radius 3 is 2.48 bits per heavy atom. The highest BCUT2D eigenvalue weighted by atomic mass is 19.2. The van der Waals surface area contributed by atoms with Crippen molar-refractivity contribution in [3.8, 4) is 0 Å². The molecule has 0 bridgehead atoms. The van der Waals surface area contributed by atoms with Gasteiger partial charge in [0, 0.05) is 5.56 Å². The molecule has 0 aliphatic heterocycles. The summed E-state index contributed by atoms with van der Waals surface area (Å²) in [5, 5.41) is 2.30. The van der Waals surface area contributed by atoms with Crippen LogP contribution in [0.2, 0.25) is 0 Å². The summed E-state index contributed by atoms with van der Waals surface area (Å²) in [5.41, 5.74) is -0.584. The van der Waals surface area contributed by atoms with Gasteiger partial charge in [0.1, 0.15) is 11.6 Å². The Balaban J connectivity index is 2.23. The Morgan fingerprint density at radius 2 is 1.76 bits per heavy atom. The largest absolute Gasteiger partial charge is 0.345 e. The Hall–Kier alpha value is -2.37. The summed E-state index contributed by atoms with van der Waals surface area (Å²) in [6, 6.07) is 5.05. The van der Waals surface area contributed by atoms with Crippen molar-refractivity contribution in [2.45, 2.75) is 13.0 Å². The number of carbonyl (C=O) groups excluding carboxylic acids is 1. The Kier molecular flexibility index (Phi) is 4.26. The molecule has 0 aliphatic carbocycles. The predicted octanol–water partition coefficient (Wildman–Crippen LogP) is 3.73. The van der Waals surface area contributed by atoms with Gasteiger partial charge in [-0.1, -0.05) is 6.07 Å². The van der Waals surface area contributed by atoms with E-state index in [1.807, 2.05) is 0 Å². The molecule has 21 heavy (non-hydrogen) atoms. The number of benzene rings is 2. The van der Waals surface area contributed by atoms with Crippen molar-refractivity contribution in [2.75, 3.05) is 0 Å². The van der Waals surface area contributed by atoms with Gasteiger partial charge in [0.05, 0.1) is 11.6 Å². The molecular formula is C15H11F4NO. The molecule has 6 heteroatoms. The van der Waals surface area contributed by atoms with Crippen LogP contribution in [0.3, 0.4) is 0 Å². The maximum absolute atomic E-state index is 13.6. The van der Waals surface area contributed by atoms with Crippen molar-refractivity contribution in [3.63, 3.8) is 0 Å². The second-order valence-electron chi connectivity index (χ2n) is 4.46. The third kappa shape index (κ3) is 3.21. The molecule has 1 N–H and O–H groups in total. The standard InChI is InChI=1S/C15H11F4NO/c1-8(11-7-9(16)5-6-12(11)17)20-15(21)10-3-2-4-13(18)14(10)19/h2-8H,1H3,(H,20,21). The molecule has 1 atom stereocenters. The molecule has 2 rings (SSSR count). The van der Waals surface area contributed by atoms with Crippen LogP contribution in [0.25, 0.3) is 0 Å². The molecular weight excluding hydrogens is 286 g/mol. The fourth-order valence-electron chi connectivity index (χ4n) is 1.88. The van der Waals surface area contributed by atoms with E-state index in [1.54, 1.807) is 0 Å². The highest BCUT2D eigenvalue weighted by molar-refractivity contribution is 5.94. The molecule has 0 heterocycles. The van der Waals surface area contributed by atoms with Gasteiger partial charge in [0.2, 0.25) is 0 Å². The smallest absolute Gasteiger partial charge is 0.254 e. The molecule has 2 nitrogen and oxygen atoms in total. The quantitative estimate of drug-likeness (QED) is 0.859. The van der Waals surface area contributed by atoms with Crippen LogP contribution in [0.5, 0.6) is 0 Å². The number of rotatable bonds is 3. The van der Waals surface area contributed by atoms with Crippen molar-refractivity contribution < 1.29 is 22.4 Å². The van der Waals surface area contributed by atoms with E-state index >= 15 is 0 Å². The number of carbonyl (C=O) groups is 1. The summed E-state index contributed by atoms with van der Waals surface area (Å²) >= 11 is 0. The van der Waals surface area contributed by atoms with E-state index in [0.717, 1.165) is 30.3 Å². The van der Waals surface area contributed by atoms with E-state index in [0.29, 0.717) is 0 Å². The Labute approximate surface area is 118 Å². The molecule has 2 aromatic rings. The third-order valence-electron chi connectivity index (χ3n) is 2.97. The average molecular weight is 297 g/mol. The molecule has 0 saturated carbocycles. The topological polar surface area (TPSA) is 29.1 Å². The molecule has 1 unspecified atom stereocenters. The van der Waals surface area contributed by atoms with Gasteiger partial charge < -0.3 is 5.32 Å². The summed E-state index contributed by atoms with van der Waals surface area (Å²) in [7, 11) is 0. The van der Waals surface area contributed by atoms with Crippen LogP contribution in [0, 0.1) is 23.3 Å². The lowest BCUT2D eigenvalue weighted by Crippen LogP contribution is -2.28. The van der Waals surface area contributed by atoms with Gasteiger partial charge in [-0.3, -0.25) is 4.79 Å². The Bertz CT molecular complexity index is 687. The molecule has 0 saturated heterocycles. The van der Waals surface area contributed by atoms with Gasteiger partial charge in [-0.2, -0.15) is 0 Å². The van der Waals surface area contributed by atoms with E-state index in [1.165, 1.54) is 13.0 Å². The lowest BCUT2D eigenvalue weighted by Gasteiger charge is -2.15. The molecule has 0 spiro atoms. The number of hydrogen-bond donors (Lipinski definition) is 1. The fourth-order valence-corrected chi connectivity index (χ4v) is 1.88. The lowest BCUT2D eigenvalue weighted by molar-refractivity contribution is 0.0934. The minimum atomic E-state index is -1.29. The van der Waals surface area contributed by atoms with Crippen molar-refractivity contribution in [1.82, 2.24) is 5.32 Å². The molecule has 0 fully saturated rings. The minimum Gasteiger partial charge on any atom is -0.345 e. The second kappa shape index (κ2) is 5.95. The van der Waals surface area contributed by atoms with Gasteiger partial charge in [-0.05, 0) is 37.3 Å². The minimum absolute atomic E-state index is 0.0832. The van der Waals surface area contributed by atoms with Crippen molar-refractivity contribution in [2.24, 2.45) is 0 Å². The van der Waals surface area contributed by atoms with E-state index in [-0.39, 0.29) is 5.56 Å². The molecule has 1 amide bonds. The van der Waals surface area contributed by atoms with Gasteiger partial charge >= 0.3 is 0 Å². The zero-order chi connectivity index (χ0) is 15.6. The normalized spacial score (nSPS) is 12.0. The maximum atomic E-state index is 13.6. The number of hydrogen-bond acceptors (Lipinski definition) is 1. The van der Waals surface area contributed by atoms with Crippen LogP contribution >= 0.6 is 0 Å². The molecule has 0 radical (unpaired) electrons. The monoisotopic (exact) mass is 297 g/mol. The number of amides is 1. The first-order chi connectivity index (χ1) is 9.90. The fraction of sp³-hybridized carbons (Fsp3) is 0.133. The van der Waals surface area contributed by atoms with Gasteiger partial charge in [0.15, 0.2) is 11.6 Å². The second-order valence-corrected chi connectivity index (χ2v) is 4.46. The maximum Gasteiger partial charge on any atom is 0.254 e. The predicted molar refractivity (Wildman–Crippen MR) is 68.6 cm³/mol. The van der Waals surface area contributed by atoms with Crippen LogP contribution in [-0.2, 0) is 0 Å². The van der Waals surface area contributed by atoms with E-state index < -0.39 is 40.8 Å². The van der Waals surface area contributed by atoms with Gasteiger partial charge in [-0.25, -0.2) is 17.6 Å². The SMILES string of the molecule is CC(NC(=O)c1cccc(F)c1F)c1cc(F)ccc1F. The van der Waals surface area contributed by atoms with E-state index in [4.69, 9.17) is 0 Å². The zero-order valence-corrected chi connectivity index (χ0v) is 11.0. The first kappa shape index (κ1) is 15.0. The van der Waals surface area contributed by atoms with E-state index in [9.17, 15) is 22.4 Å². The van der Waals surface area contributed by atoms with Crippen LogP contribution < -0.4 is 5.32 Å². The first-order valence-electron chi connectivity index (χ1n) is 6.10. The highest BCUT2D eigenvalue weighted by Crippen LogP contribution is 2.19. The molecule has 0 aliphatic rings. The molecule has 0 aromatic heterocycles. The number of halogens is 4. The first-order valence-corrected chi connectivity index (χ1v) is 6.10. The molecule has 2 aromatic carbocycles. The summed E-state index contributed by atoms with van der Waals surface area (Å²) < 4.78 is 53.2. The third-order valence-corrected chi connectivity index (χ3v) is 2.97. The average Bonchev–Trinajstić information content (AvgIpc) is 2.44. The van der Waals surface area contributed by atoms with Gasteiger partial charge in [-0.15, -0.1) is 0 Å². The summed E-state index contributed by atoms with van der Waals surface area (Å²) in [6.45, 7) is 1.41. The lowest BCUT2D eigenvalue weighted by atomic mass is 10.1. The van der Waals surface area contributed by atoms with Crippen LogP contribution in [0.4, 0.5) is 17.6 Å². The van der Waals surface area contributed by atoms with E-state index in [2.05, 4.69) is 5.32 Å². The van der Waals surface area contributed by atoms with Crippen LogP contribution in [0.1, 0.15) is 28.9 Å². The highest BCUT2D eigenvalue weighted by Gasteiger charge is 2.19. The summed E-state index contributed by atoms with van der Waals surface area (Å²) in [4.78, 5) is 11.9. The van der Waals surface area contributed by atoms with Crippen molar-refractivity contribution in [3.05, 3.63) is 70.8 Å². The summed E-state index contributed by atoms with van der Waals surface area (Å²) in [6.07, 6.45) is 0. The Morgan fingerprint density at radius 1 is 1.05 bits per heavy atom. The van der Waals surface area contributed by atoms with Crippen LogP contribution in [0.15, 0.2) is 36.4 Å². The van der Waals surface area contributed by atoms with Crippen LogP contribution in [-0.4, -0.2) is 5.91 Å². The van der Waals surface area contributed by atoms with Gasteiger partial charge in [0.25, 0.3) is 5.91 Å². The van der Waals surface area contributed by atoms with Crippen molar-refractivity contribution in [1.29, 1.82) is 0 Å². The number of nitrogens with one attached hydrogen (secondary N) is 1. The molecule has 110 valence electrons.